The summed E-state index contributed by atoms with van der Waals surface area (Å²) in [6.07, 6.45) is 5.60. The van der Waals surface area contributed by atoms with Gasteiger partial charge in [0.2, 0.25) is 0 Å². The number of hydrogen-bond donors (Lipinski definition) is 1. The van der Waals surface area contributed by atoms with Crippen LogP contribution < -0.4 is 5.32 Å². The van der Waals surface area contributed by atoms with Crippen LogP contribution in [0.2, 0.25) is 0 Å². The second-order valence-electron chi connectivity index (χ2n) is 3.66. The Morgan fingerprint density at radius 2 is 2.24 bits per heavy atom. The van der Waals surface area contributed by atoms with E-state index in [9.17, 15) is 0 Å². The number of pyridine rings is 1. The minimum absolute atomic E-state index is 0.000486. The smallest absolute Gasteiger partial charge is 0.132 e. The Balaban J connectivity index is 2.44. The standard InChI is InChI=1S/C12H15BrN4/c1-3-17-8-7-16-12(17)11(14-2)10-9(13)5-4-6-15-10/h4-8,11,14H,3H2,1-2H3. The largest absolute Gasteiger partial charge is 0.334 e. The molecule has 1 N–H and O–H groups in total. The van der Waals surface area contributed by atoms with Gasteiger partial charge in [-0.15, -0.1) is 0 Å². The van der Waals surface area contributed by atoms with E-state index < -0.39 is 0 Å². The van der Waals surface area contributed by atoms with E-state index in [1.54, 1.807) is 6.20 Å². The Bertz CT molecular complexity index is 495. The molecule has 1 atom stereocenters. The summed E-state index contributed by atoms with van der Waals surface area (Å²) in [6, 6.07) is 3.90. The van der Waals surface area contributed by atoms with Crippen LogP contribution in [0.1, 0.15) is 24.5 Å². The molecule has 2 rings (SSSR count). The van der Waals surface area contributed by atoms with E-state index >= 15 is 0 Å². The summed E-state index contributed by atoms with van der Waals surface area (Å²) in [7, 11) is 1.92. The number of imidazole rings is 1. The van der Waals surface area contributed by atoms with Crippen molar-refractivity contribution in [2.75, 3.05) is 7.05 Å². The van der Waals surface area contributed by atoms with Crippen molar-refractivity contribution in [3.8, 4) is 0 Å². The van der Waals surface area contributed by atoms with Crippen LogP contribution in [0.15, 0.2) is 35.2 Å². The van der Waals surface area contributed by atoms with Gasteiger partial charge in [0.1, 0.15) is 11.9 Å². The summed E-state index contributed by atoms with van der Waals surface area (Å²) in [5.41, 5.74) is 0.955. The monoisotopic (exact) mass is 294 g/mol. The molecule has 5 heteroatoms. The molecule has 0 aromatic carbocycles. The maximum Gasteiger partial charge on any atom is 0.132 e. The Labute approximate surface area is 109 Å². The summed E-state index contributed by atoms with van der Waals surface area (Å²) in [5.74, 6) is 0.981. The van der Waals surface area contributed by atoms with Crippen LogP contribution in [0.5, 0.6) is 0 Å². The Morgan fingerprint density at radius 1 is 1.41 bits per heavy atom. The van der Waals surface area contributed by atoms with Gasteiger partial charge < -0.3 is 9.88 Å². The number of rotatable bonds is 4. The molecule has 0 aliphatic rings. The topological polar surface area (TPSA) is 42.7 Å². The van der Waals surface area contributed by atoms with E-state index in [1.807, 2.05) is 31.6 Å². The van der Waals surface area contributed by atoms with Gasteiger partial charge >= 0.3 is 0 Å². The SMILES string of the molecule is CCn1ccnc1C(NC)c1ncccc1Br. The number of hydrogen-bond acceptors (Lipinski definition) is 3. The molecule has 0 saturated carbocycles. The third kappa shape index (κ3) is 2.40. The lowest BCUT2D eigenvalue weighted by atomic mass is 10.1. The third-order valence-corrected chi connectivity index (χ3v) is 3.37. The van der Waals surface area contributed by atoms with Gasteiger partial charge in [-0.2, -0.15) is 0 Å². The van der Waals surface area contributed by atoms with Crippen LogP contribution in [-0.2, 0) is 6.54 Å². The van der Waals surface area contributed by atoms with Crippen molar-refractivity contribution in [2.24, 2.45) is 0 Å². The number of aryl methyl sites for hydroxylation is 1. The van der Waals surface area contributed by atoms with Crippen LogP contribution in [-0.4, -0.2) is 21.6 Å². The van der Waals surface area contributed by atoms with Crippen LogP contribution in [0.3, 0.4) is 0 Å². The fourth-order valence-corrected chi connectivity index (χ4v) is 2.33. The predicted molar refractivity (Wildman–Crippen MR) is 70.7 cm³/mol. The van der Waals surface area contributed by atoms with Gasteiger partial charge in [-0.05, 0) is 42.0 Å². The summed E-state index contributed by atoms with van der Waals surface area (Å²) in [5, 5.41) is 3.26. The minimum atomic E-state index is 0.000486. The van der Waals surface area contributed by atoms with E-state index in [1.165, 1.54) is 0 Å². The first-order valence-corrected chi connectivity index (χ1v) is 6.36. The van der Waals surface area contributed by atoms with E-state index in [-0.39, 0.29) is 6.04 Å². The van der Waals surface area contributed by atoms with Crippen LogP contribution in [0.4, 0.5) is 0 Å². The molecule has 0 fully saturated rings. The van der Waals surface area contributed by atoms with Gasteiger partial charge in [0.15, 0.2) is 0 Å². The highest BCUT2D eigenvalue weighted by molar-refractivity contribution is 9.10. The van der Waals surface area contributed by atoms with Crippen molar-refractivity contribution in [3.05, 3.63) is 46.7 Å². The molecule has 4 nitrogen and oxygen atoms in total. The zero-order valence-corrected chi connectivity index (χ0v) is 11.5. The summed E-state index contributed by atoms with van der Waals surface area (Å²) >= 11 is 3.53. The number of halogens is 1. The van der Waals surface area contributed by atoms with Crippen LogP contribution in [0.25, 0.3) is 0 Å². The predicted octanol–water partition coefficient (Wildman–Crippen LogP) is 2.37. The first kappa shape index (κ1) is 12.3. The molecule has 0 amide bonds. The molecule has 0 saturated heterocycles. The Kier molecular flexibility index (Phi) is 3.91. The highest BCUT2D eigenvalue weighted by Gasteiger charge is 2.20. The van der Waals surface area contributed by atoms with E-state index in [0.717, 1.165) is 22.5 Å². The van der Waals surface area contributed by atoms with Crippen LogP contribution >= 0.6 is 15.9 Å². The molecule has 90 valence electrons. The number of aromatic nitrogens is 3. The van der Waals surface area contributed by atoms with Gasteiger partial charge in [0, 0.05) is 29.6 Å². The molecule has 2 heterocycles. The van der Waals surface area contributed by atoms with Crippen molar-refractivity contribution in [3.63, 3.8) is 0 Å². The highest BCUT2D eigenvalue weighted by atomic mass is 79.9. The second kappa shape index (κ2) is 5.42. The van der Waals surface area contributed by atoms with Crippen LogP contribution in [0, 0.1) is 0 Å². The first-order valence-electron chi connectivity index (χ1n) is 5.56. The van der Waals surface area contributed by atoms with Crippen molar-refractivity contribution in [1.82, 2.24) is 19.9 Å². The van der Waals surface area contributed by atoms with E-state index in [2.05, 4.69) is 42.7 Å². The van der Waals surface area contributed by atoms with Gasteiger partial charge in [0.25, 0.3) is 0 Å². The normalized spacial score (nSPS) is 12.6. The van der Waals surface area contributed by atoms with Crippen molar-refractivity contribution >= 4 is 15.9 Å². The van der Waals surface area contributed by atoms with E-state index in [4.69, 9.17) is 0 Å². The molecule has 2 aromatic rings. The van der Waals surface area contributed by atoms with Crippen molar-refractivity contribution in [1.29, 1.82) is 0 Å². The lowest BCUT2D eigenvalue weighted by Crippen LogP contribution is -2.23. The van der Waals surface area contributed by atoms with Gasteiger partial charge in [0.05, 0.1) is 5.69 Å². The van der Waals surface area contributed by atoms with Gasteiger partial charge in [-0.1, -0.05) is 0 Å². The number of nitrogens with zero attached hydrogens (tertiary/aromatic N) is 3. The van der Waals surface area contributed by atoms with Crippen molar-refractivity contribution < 1.29 is 0 Å². The van der Waals surface area contributed by atoms with Gasteiger partial charge in [-0.25, -0.2) is 4.98 Å². The molecule has 17 heavy (non-hydrogen) atoms. The maximum atomic E-state index is 4.42. The minimum Gasteiger partial charge on any atom is -0.334 e. The van der Waals surface area contributed by atoms with Crippen molar-refractivity contribution in [2.45, 2.75) is 19.5 Å². The second-order valence-corrected chi connectivity index (χ2v) is 4.52. The molecule has 0 bridgehead atoms. The zero-order chi connectivity index (χ0) is 12.3. The Hall–Kier alpha value is -1.20. The lowest BCUT2D eigenvalue weighted by Gasteiger charge is -2.17. The molecule has 0 aliphatic heterocycles. The number of nitrogens with one attached hydrogen (secondary N) is 1. The quantitative estimate of drug-likeness (QED) is 0.941. The molecule has 0 aliphatic carbocycles. The molecular formula is C12H15BrN4. The summed E-state index contributed by atoms with van der Waals surface area (Å²) < 4.78 is 3.10. The fraction of sp³-hybridized carbons (Fsp3) is 0.333. The molecular weight excluding hydrogens is 280 g/mol. The third-order valence-electron chi connectivity index (χ3n) is 2.70. The lowest BCUT2D eigenvalue weighted by molar-refractivity contribution is 0.577. The summed E-state index contributed by atoms with van der Waals surface area (Å²) in [4.78, 5) is 8.83. The Morgan fingerprint density at radius 3 is 2.88 bits per heavy atom. The molecule has 1 unspecified atom stereocenters. The average molecular weight is 295 g/mol. The first-order chi connectivity index (χ1) is 8.27. The fourth-order valence-electron chi connectivity index (χ4n) is 1.85. The molecule has 0 radical (unpaired) electrons. The highest BCUT2D eigenvalue weighted by Crippen LogP contribution is 2.25. The average Bonchev–Trinajstić information content (AvgIpc) is 2.81. The summed E-state index contributed by atoms with van der Waals surface area (Å²) in [6.45, 7) is 3.00. The zero-order valence-electron chi connectivity index (χ0n) is 9.89. The molecule has 2 aromatic heterocycles. The molecule has 0 spiro atoms. The van der Waals surface area contributed by atoms with E-state index in [0.29, 0.717) is 0 Å². The maximum absolute atomic E-state index is 4.42. The van der Waals surface area contributed by atoms with Gasteiger partial charge in [-0.3, -0.25) is 4.98 Å².